The number of ether oxygens (including phenoxy) is 1. The van der Waals surface area contributed by atoms with Crippen LogP contribution in [-0.2, 0) is 14.3 Å². The summed E-state index contributed by atoms with van der Waals surface area (Å²) in [7, 11) is 0. The molecule has 8 heteroatoms. The zero-order valence-corrected chi connectivity index (χ0v) is 16.0. The second-order valence-electron chi connectivity index (χ2n) is 6.54. The average molecular weight is 382 g/mol. The normalized spacial score (nSPS) is 14.8. The molecule has 1 aliphatic rings. The molecule has 1 fully saturated rings. The van der Waals surface area contributed by atoms with Gasteiger partial charge in [0.1, 0.15) is 5.41 Å². The lowest BCUT2D eigenvalue weighted by molar-refractivity contribution is -0.147. The molecule has 1 aromatic carbocycles. The molecule has 1 aromatic rings. The van der Waals surface area contributed by atoms with Crippen molar-refractivity contribution in [2.75, 3.05) is 38.1 Å². The molecule has 1 N–H and O–H groups in total. The fourth-order valence-electron chi connectivity index (χ4n) is 2.64. The van der Waals surface area contributed by atoms with E-state index in [1.807, 2.05) is 0 Å². The molecule has 0 bridgehead atoms. The Bertz CT molecular complexity index is 685. The van der Waals surface area contributed by atoms with Gasteiger partial charge in [0.25, 0.3) is 0 Å². The third-order valence-electron chi connectivity index (χ3n) is 4.32. The van der Waals surface area contributed by atoms with E-state index in [0.29, 0.717) is 43.5 Å². The first-order chi connectivity index (χ1) is 12.3. The Morgan fingerprint density at radius 3 is 2.27 bits per heavy atom. The fourth-order valence-corrected chi connectivity index (χ4v) is 2.82. The molecule has 142 valence electrons. The second kappa shape index (κ2) is 8.40. The van der Waals surface area contributed by atoms with Gasteiger partial charge in [0, 0.05) is 26.2 Å². The van der Waals surface area contributed by atoms with E-state index in [1.165, 1.54) is 0 Å². The topological polar surface area (TPSA) is 79.0 Å². The minimum atomic E-state index is -1.26. The molecule has 26 heavy (non-hydrogen) atoms. The number of amides is 3. The number of benzene rings is 1. The number of carbonyl (C=O) groups excluding carboxylic acids is 3. The predicted molar refractivity (Wildman–Crippen MR) is 99.0 cm³/mol. The molecule has 2 rings (SSSR count). The van der Waals surface area contributed by atoms with E-state index in [-0.39, 0.29) is 12.0 Å². The van der Waals surface area contributed by atoms with Gasteiger partial charge in [0.05, 0.1) is 17.3 Å². The van der Waals surface area contributed by atoms with Crippen LogP contribution in [0.3, 0.4) is 0 Å². The molecule has 3 amide bonds. The number of nitrogens with one attached hydrogen (secondary N) is 1. The lowest BCUT2D eigenvalue weighted by Gasteiger charge is -2.37. The summed E-state index contributed by atoms with van der Waals surface area (Å²) in [5, 5.41) is 3.12. The highest BCUT2D eigenvalue weighted by atomic mass is 35.5. The molecule has 0 saturated carbocycles. The maximum Gasteiger partial charge on any atom is 0.409 e. The van der Waals surface area contributed by atoms with Gasteiger partial charge in [-0.15, -0.1) is 0 Å². The van der Waals surface area contributed by atoms with E-state index in [0.717, 1.165) is 0 Å². The van der Waals surface area contributed by atoms with Gasteiger partial charge in [-0.1, -0.05) is 23.7 Å². The summed E-state index contributed by atoms with van der Waals surface area (Å²) in [5.41, 5.74) is -0.794. The van der Waals surface area contributed by atoms with Crippen LogP contribution in [0.25, 0.3) is 0 Å². The molecule has 0 aromatic heterocycles. The quantitative estimate of drug-likeness (QED) is 0.813. The van der Waals surface area contributed by atoms with Gasteiger partial charge >= 0.3 is 6.09 Å². The summed E-state index contributed by atoms with van der Waals surface area (Å²) in [6, 6.07) is 6.86. The van der Waals surface area contributed by atoms with Gasteiger partial charge in [0.15, 0.2) is 0 Å². The Balaban J connectivity index is 1.98. The summed E-state index contributed by atoms with van der Waals surface area (Å²) < 4.78 is 4.97. The van der Waals surface area contributed by atoms with Crippen molar-refractivity contribution in [2.24, 2.45) is 5.41 Å². The number of carbonyl (C=O) groups is 3. The predicted octanol–water partition coefficient (Wildman–Crippen LogP) is 2.61. The van der Waals surface area contributed by atoms with Crippen LogP contribution in [0.2, 0.25) is 5.02 Å². The molecule has 0 radical (unpaired) electrons. The summed E-state index contributed by atoms with van der Waals surface area (Å²) in [4.78, 5) is 40.4. The van der Waals surface area contributed by atoms with E-state index in [9.17, 15) is 14.4 Å². The number of piperazine rings is 1. The van der Waals surface area contributed by atoms with Crippen molar-refractivity contribution < 1.29 is 19.1 Å². The molecule has 1 aliphatic heterocycles. The summed E-state index contributed by atoms with van der Waals surface area (Å²) in [6.45, 7) is 6.71. The van der Waals surface area contributed by atoms with Crippen molar-refractivity contribution in [3.63, 3.8) is 0 Å². The smallest absolute Gasteiger partial charge is 0.409 e. The van der Waals surface area contributed by atoms with Crippen LogP contribution in [0.5, 0.6) is 0 Å². The van der Waals surface area contributed by atoms with Gasteiger partial charge in [0.2, 0.25) is 11.8 Å². The first kappa shape index (κ1) is 20.0. The highest BCUT2D eigenvalue weighted by Crippen LogP contribution is 2.26. The molecule has 0 atom stereocenters. The Morgan fingerprint density at radius 2 is 1.69 bits per heavy atom. The van der Waals surface area contributed by atoms with Gasteiger partial charge in [-0.3, -0.25) is 9.59 Å². The zero-order chi connectivity index (χ0) is 19.3. The number of rotatable bonds is 4. The number of anilines is 1. The molecular weight excluding hydrogens is 358 g/mol. The second-order valence-corrected chi connectivity index (χ2v) is 6.94. The molecule has 1 saturated heterocycles. The minimum absolute atomic E-state index is 0.287. The van der Waals surface area contributed by atoms with Crippen LogP contribution in [0, 0.1) is 5.41 Å². The maximum atomic E-state index is 12.8. The van der Waals surface area contributed by atoms with Crippen LogP contribution in [-0.4, -0.2) is 60.5 Å². The zero-order valence-electron chi connectivity index (χ0n) is 15.3. The Kier molecular flexibility index (Phi) is 6.47. The Hall–Kier alpha value is -2.28. The summed E-state index contributed by atoms with van der Waals surface area (Å²) in [5.74, 6) is -0.714. The first-order valence-electron chi connectivity index (χ1n) is 8.54. The van der Waals surface area contributed by atoms with E-state index < -0.39 is 11.3 Å². The van der Waals surface area contributed by atoms with E-state index >= 15 is 0 Å². The highest BCUT2D eigenvalue weighted by molar-refractivity contribution is 6.33. The van der Waals surface area contributed by atoms with Crippen molar-refractivity contribution in [1.82, 2.24) is 9.80 Å². The Labute approximate surface area is 158 Å². The van der Waals surface area contributed by atoms with E-state index in [1.54, 1.807) is 54.8 Å². The van der Waals surface area contributed by atoms with Crippen LogP contribution in [0.1, 0.15) is 20.8 Å². The number of para-hydroxylation sites is 1. The number of hydrogen-bond donors (Lipinski definition) is 1. The third kappa shape index (κ3) is 4.46. The van der Waals surface area contributed by atoms with E-state index in [4.69, 9.17) is 16.3 Å². The van der Waals surface area contributed by atoms with Crippen molar-refractivity contribution in [3.8, 4) is 0 Å². The van der Waals surface area contributed by atoms with Crippen molar-refractivity contribution in [2.45, 2.75) is 20.8 Å². The summed E-state index contributed by atoms with van der Waals surface area (Å²) >= 11 is 6.06. The molecule has 0 aliphatic carbocycles. The Morgan fingerprint density at radius 1 is 1.12 bits per heavy atom. The van der Waals surface area contributed by atoms with E-state index in [2.05, 4.69) is 5.32 Å². The number of hydrogen-bond acceptors (Lipinski definition) is 4. The van der Waals surface area contributed by atoms with Crippen LogP contribution in [0.4, 0.5) is 10.5 Å². The van der Waals surface area contributed by atoms with Crippen LogP contribution in [0.15, 0.2) is 24.3 Å². The van der Waals surface area contributed by atoms with Crippen LogP contribution >= 0.6 is 11.6 Å². The molecular formula is C18H24ClN3O4. The van der Waals surface area contributed by atoms with Gasteiger partial charge in [-0.2, -0.15) is 0 Å². The largest absolute Gasteiger partial charge is 0.450 e. The fraction of sp³-hybridized carbons (Fsp3) is 0.500. The lowest BCUT2D eigenvalue weighted by atomic mass is 9.89. The molecule has 1 heterocycles. The number of halogens is 1. The standard InChI is InChI=1S/C18H24ClN3O4/c1-4-26-17(25)22-11-9-21(10-12-22)16(24)18(2,3)15(23)20-14-8-6-5-7-13(14)19/h5-8H,4,9-12H2,1-3H3,(H,20,23). The van der Waals surface area contributed by atoms with Crippen LogP contribution < -0.4 is 5.32 Å². The minimum Gasteiger partial charge on any atom is -0.450 e. The molecule has 0 spiro atoms. The molecule has 7 nitrogen and oxygen atoms in total. The first-order valence-corrected chi connectivity index (χ1v) is 8.92. The SMILES string of the molecule is CCOC(=O)N1CCN(C(=O)C(C)(C)C(=O)Nc2ccccc2Cl)CC1. The van der Waals surface area contributed by atoms with Crippen molar-refractivity contribution in [3.05, 3.63) is 29.3 Å². The third-order valence-corrected chi connectivity index (χ3v) is 4.65. The summed E-state index contributed by atoms with van der Waals surface area (Å²) in [6.07, 6.45) is -0.379. The monoisotopic (exact) mass is 381 g/mol. The molecule has 0 unspecified atom stereocenters. The maximum absolute atomic E-state index is 12.8. The van der Waals surface area contributed by atoms with Gasteiger partial charge in [-0.05, 0) is 32.9 Å². The average Bonchev–Trinajstić information content (AvgIpc) is 2.63. The van der Waals surface area contributed by atoms with Gasteiger partial charge in [-0.25, -0.2) is 4.79 Å². The number of nitrogens with zero attached hydrogens (tertiary/aromatic N) is 2. The highest BCUT2D eigenvalue weighted by Gasteiger charge is 2.40. The lowest BCUT2D eigenvalue weighted by Crippen LogP contribution is -2.55. The van der Waals surface area contributed by atoms with Crippen molar-refractivity contribution >= 4 is 35.2 Å². The van der Waals surface area contributed by atoms with Gasteiger partial charge < -0.3 is 19.9 Å². The van der Waals surface area contributed by atoms with Crippen molar-refractivity contribution in [1.29, 1.82) is 0 Å².